The number of anilines is 1. The van der Waals surface area contributed by atoms with E-state index in [1.165, 1.54) is 16.8 Å². The van der Waals surface area contributed by atoms with Crippen molar-refractivity contribution in [3.63, 3.8) is 0 Å². The van der Waals surface area contributed by atoms with E-state index in [1.54, 1.807) is 31.2 Å². The molecule has 0 aliphatic rings. The van der Waals surface area contributed by atoms with Gasteiger partial charge < -0.3 is 25.2 Å². The quantitative estimate of drug-likeness (QED) is 0.321. The van der Waals surface area contributed by atoms with Crippen LogP contribution in [0.15, 0.2) is 58.1 Å². The number of rotatable bonds is 6. The van der Waals surface area contributed by atoms with Crippen LogP contribution in [0.2, 0.25) is 0 Å². The number of hydrogen-bond acceptors (Lipinski definition) is 7. The molecule has 0 aliphatic heterocycles. The molecule has 10 heteroatoms. The monoisotopic (exact) mass is 401 g/mol. The van der Waals surface area contributed by atoms with Crippen LogP contribution in [0.5, 0.6) is 11.7 Å². The van der Waals surface area contributed by atoms with Crippen molar-refractivity contribution in [3.05, 3.63) is 54.1 Å². The Morgan fingerprint density at radius 1 is 1.25 bits per heavy atom. The summed E-state index contributed by atoms with van der Waals surface area (Å²) in [7, 11) is 0. The highest BCUT2D eigenvalue weighted by molar-refractivity contribution is 8.00. The fourth-order valence-corrected chi connectivity index (χ4v) is 3.20. The minimum absolute atomic E-state index is 0.130. The molecular formula is C18H15N3O6S. The lowest BCUT2D eigenvalue weighted by Gasteiger charge is -2.11. The summed E-state index contributed by atoms with van der Waals surface area (Å²) in [6, 6.07) is 12.5. The molecule has 0 aliphatic carbocycles. The molecule has 0 radical (unpaired) electrons. The summed E-state index contributed by atoms with van der Waals surface area (Å²) >= 11 is 0.956. The van der Waals surface area contributed by atoms with Crippen LogP contribution < -0.4 is 15.1 Å². The number of aromatic carboxylic acids is 1. The molecule has 1 amide bonds. The largest absolute Gasteiger partial charge is 0.538 e. The number of thioether (sulfide) groups is 1. The molecule has 0 spiro atoms. The molecule has 0 saturated carbocycles. The highest BCUT2D eigenvalue weighted by Gasteiger charge is 2.26. The zero-order valence-electron chi connectivity index (χ0n) is 14.5. The third kappa shape index (κ3) is 4.07. The number of carbonyl (C=O) groups excluding carboxylic acids is 1. The van der Waals surface area contributed by atoms with Gasteiger partial charge in [-0.05, 0) is 41.6 Å². The Balaban J connectivity index is 1.76. The second kappa shape index (κ2) is 8.01. The van der Waals surface area contributed by atoms with Crippen molar-refractivity contribution in [1.82, 2.24) is 5.27 Å². The average molecular weight is 401 g/mol. The zero-order valence-corrected chi connectivity index (χ0v) is 15.3. The van der Waals surface area contributed by atoms with Gasteiger partial charge in [0.15, 0.2) is 5.95 Å². The normalized spacial score (nSPS) is 11.8. The van der Waals surface area contributed by atoms with Crippen LogP contribution >= 0.6 is 11.8 Å². The SMILES string of the molecule is CC(Sc1c([O-])on[n+]1-c1ccccc1)C(=O)Nc1ccc(O)c(C(=O)O)c1. The van der Waals surface area contributed by atoms with Crippen LogP contribution in [0.25, 0.3) is 5.69 Å². The molecular weight excluding hydrogens is 386 g/mol. The minimum Gasteiger partial charge on any atom is -0.538 e. The first-order valence-electron chi connectivity index (χ1n) is 8.05. The summed E-state index contributed by atoms with van der Waals surface area (Å²) in [6.45, 7) is 1.58. The Morgan fingerprint density at radius 3 is 2.64 bits per heavy atom. The summed E-state index contributed by atoms with van der Waals surface area (Å²) in [5.74, 6) is -2.86. The second-order valence-corrected chi connectivity index (χ2v) is 7.03. The second-order valence-electron chi connectivity index (χ2n) is 5.70. The molecule has 0 saturated heterocycles. The molecule has 1 atom stereocenters. The Morgan fingerprint density at radius 2 is 1.96 bits per heavy atom. The van der Waals surface area contributed by atoms with E-state index < -0.39 is 28.8 Å². The molecule has 9 nitrogen and oxygen atoms in total. The maximum Gasteiger partial charge on any atom is 0.339 e. The maximum atomic E-state index is 12.5. The van der Waals surface area contributed by atoms with E-state index in [9.17, 15) is 19.8 Å². The van der Waals surface area contributed by atoms with Crippen LogP contribution in [-0.2, 0) is 4.79 Å². The van der Waals surface area contributed by atoms with Gasteiger partial charge in [0.25, 0.3) is 5.03 Å². The number of benzene rings is 2. The Labute approximate surface area is 163 Å². The van der Waals surface area contributed by atoms with Crippen molar-refractivity contribution in [2.24, 2.45) is 0 Å². The van der Waals surface area contributed by atoms with Crippen molar-refractivity contribution in [3.8, 4) is 17.4 Å². The van der Waals surface area contributed by atoms with E-state index in [0.29, 0.717) is 5.69 Å². The molecule has 0 fully saturated rings. The van der Waals surface area contributed by atoms with Gasteiger partial charge in [0, 0.05) is 17.8 Å². The summed E-state index contributed by atoms with van der Waals surface area (Å²) in [4.78, 5) is 23.5. The molecule has 3 N–H and O–H groups in total. The Kier molecular flexibility index (Phi) is 5.50. The van der Waals surface area contributed by atoms with Crippen molar-refractivity contribution >= 4 is 29.3 Å². The van der Waals surface area contributed by atoms with E-state index in [1.807, 2.05) is 6.07 Å². The van der Waals surface area contributed by atoms with Gasteiger partial charge in [-0.1, -0.05) is 18.2 Å². The maximum absolute atomic E-state index is 12.5. The Hall–Kier alpha value is -3.53. The first-order valence-corrected chi connectivity index (χ1v) is 8.93. The van der Waals surface area contributed by atoms with E-state index in [0.717, 1.165) is 17.8 Å². The van der Waals surface area contributed by atoms with Gasteiger partial charge in [-0.15, -0.1) is 0 Å². The standard InChI is InChI=1S/C18H14N3O6S/c1-10(15(23)19-11-7-8-14(22)13(9-11)17(24)25)28-16-18(26)27-20-21(16)12-5-3-2-4-6-12/h2-10H,1H3,(H2,24,25,26)/q-1/p+1. The molecule has 144 valence electrons. The van der Waals surface area contributed by atoms with Gasteiger partial charge in [-0.3, -0.25) is 4.79 Å². The molecule has 28 heavy (non-hydrogen) atoms. The molecule has 0 bridgehead atoms. The predicted molar refractivity (Wildman–Crippen MR) is 96.5 cm³/mol. The van der Waals surface area contributed by atoms with Crippen LogP contribution in [0.4, 0.5) is 5.69 Å². The van der Waals surface area contributed by atoms with Gasteiger partial charge in [0.2, 0.25) is 11.6 Å². The van der Waals surface area contributed by atoms with Gasteiger partial charge in [0.1, 0.15) is 11.3 Å². The van der Waals surface area contributed by atoms with Crippen LogP contribution in [-0.4, -0.2) is 32.6 Å². The Bertz CT molecular complexity index is 1020. The summed E-state index contributed by atoms with van der Waals surface area (Å²) in [6.07, 6.45) is 0. The van der Waals surface area contributed by atoms with E-state index in [4.69, 9.17) is 9.63 Å². The van der Waals surface area contributed by atoms with Crippen LogP contribution in [0.3, 0.4) is 0 Å². The summed E-state index contributed by atoms with van der Waals surface area (Å²) < 4.78 is 6.02. The average Bonchev–Trinajstić information content (AvgIpc) is 3.04. The number of phenols is 1. The number of carboxylic acid groups (broad SMARTS) is 1. The lowest BCUT2D eigenvalue weighted by atomic mass is 10.2. The number of amides is 1. The first kappa shape index (κ1) is 19.2. The third-order valence-corrected chi connectivity index (χ3v) is 4.86. The number of carbonyl (C=O) groups is 2. The molecule has 2 aromatic carbocycles. The number of carboxylic acids is 1. The molecule has 1 heterocycles. The molecule has 3 aromatic rings. The van der Waals surface area contributed by atoms with Gasteiger partial charge >= 0.3 is 5.97 Å². The number of aromatic hydroxyl groups is 1. The smallest absolute Gasteiger partial charge is 0.339 e. The van der Waals surface area contributed by atoms with Crippen molar-refractivity contribution in [2.75, 3.05) is 5.32 Å². The van der Waals surface area contributed by atoms with E-state index >= 15 is 0 Å². The van der Waals surface area contributed by atoms with Gasteiger partial charge in [-0.25, -0.2) is 4.79 Å². The zero-order chi connectivity index (χ0) is 20.3. The fourth-order valence-electron chi connectivity index (χ4n) is 2.32. The molecule has 3 rings (SSSR count). The predicted octanol–water partition coefficient (Wildman–Crippen LogP) is 1.55. The van der Waals surface area contributed by atoms with E-state index in [2.05, 4.69) is 10.6 Å². The number of hydrogen-bond donors (Lipinski definition) is 3. The van der Waals surface area contributed by atoms with Gasteiger partial charge in [-0.2, -0.15) is 0 Å². The number of para-hydroxylation sites is 1. The summed E-state index contributed by atoms with van der Waals surface area (Å²) in [5.41, 5.74) is 0.477. The third-order valence-electron chi connectivity index (χ3n) is 3.73. The van der Waals surface area contributed by atoms with Crippen LogP contribution in [0, 0.1) is 0 Å². The lowest BCUT2D eigenvalue weighted by molar-refractivity contribution is -0.705. The fraction of sp³-hybridized carbons (Fsp3) is 0.111. The number of nitrogens with one attached hydrogen (secondary N) is 1. The van der Waals surface area contributed by atoms with Crippen molar-refractivity contribution in [2.45, 2.75) is 17.2 Å². The minimum atomic E-state index is -1.32. The van der Waals surface area contributed by atoms with Gasteiger partial charge in [0.05, 0.1) is 10.5 Å². The highest BCUT2D eigenvalue weighted by atomic mass is 32.2. The van der Waals surface area contributed by atoms with Crippen LogP contribution in [0.1, 0.15) is 17.3 Å². The topological polar surface area (TPSA) is 140 Å². The first-order chi connectivity index (χ1) is 13.4. The van der Waals surface area contributed by atoms with E-state index in [-0.39, 0.29) is 16.3 Å². The number of nitrogens with zero attached hydrogens (tertiary/aromatic N) is 2. The molecule has 1 unspecified atom stereocenters. The molecule has 1 aromatic heterocycles. The summed E-state index contributed by atoms with van der Waals surface area (Å²) in [5, 5.41) is 36.2. The van der Waals surface area contributed by atoms with Crippen molar-refractivity contribution < 1.29 is 34.1 Å². The highest BCUT2D eigenvalue weighted by Crippen LogP contribution is 2.28. The van der Waals surface area contributed by atoms with Crippen molar-refractivity contribution in [1.29, 1.82) is 0 Å². The lowest BCUT2D eigenvalue weighted by Crippen LogP contribution is -2.36. The number of aromatic nitrogens is 2.